The molecule has 1 aliphatic heterocycles. The summed E-state index contributed by atoms with van der Waals surface area (Å²) in [5.74, 6) is -0.972. The van der Waals surface area contributed by atoms with Crippen LogP contribution in [0.5, 0.6) is 0 Å². The van der Waals surface area contributed by atoms with Gasteiger partial charge < -0.3 is 9.67 Å². The van der Waals surface area contributed by atoms with Gasteiger partial charge in [-0.2, -0.15) is 0 Å². The molecular weight excluding hydrogens is 338 g/mol. The van der Waals surface area contributed by atoms with Gasteiger partial charge >= 0.3 is 5.97 Å². The largest absolute Gasteiger partial charge is 0.481 e. The van der Waals surface area contributed by atoms with Crippen LogP contribution in [0.4, 0.5) is 0 Å². The third-order valence-corrected chi connectivity index (χ3v) is 6.04. The van der Waals surface area contributed by atoms with Crippen molar-refractivity contribution in [1.29, 1.82) is 0 Å². The maximum Gasteiger partial charge on any atom is 0.315 e. The highest BCUT2D eigenvalue weighted by molar-refractivity contribution is 7.85. The van der Waals surface area contributed by atoms with Crippen molar-refractivity contribution < 1.29 is 18.9 Å². The molecule has 0 fully saturated rings. The zero-order valence-corrected chi connectivity index (χ0v) is 14.7. The average Bonchev–Trinajstić information content (AvgIpc) is 3.14. The van der Waals surface area contributed by atoms with Gasteiger partial charge in [0, 0.05) is 23.6 Å². The summed E-state index contributed by atoms with van der Waals surface area (Å²) in [7, 11) is -1.45. The van der Waals surface area contributed by atoms with Crippen LogP contribution in [0.25, 0.3) is 0 Å². The fourth-order valence-electron chi connectivity index (χ4n) is 3.22. The Morgan fingerprint density at radius 3 is 2.64 bits per heavy atom. The third kappa shape index (κ3) is 2.76. The SMILES string of the molecule is C=CCS(=O)c1cc2n(c1C(=O)c1ccccc1)CCC2(C)C(=O)O. The van der Waals surface area contributed by atoms with Crippen molar-refractivity contribution >= 4 is 22.6 Å². The lowest BCUT2D eigenvalue weighted by Gasteiger charge is -2.16. The van der Waals surface area contributed by atoms with E-state index in [9.17, 15) is 18.9 Å². The van der Waals surface area contributed by atoms with Crippen LogP contribution in [0.3, 0.4) is 0 Å². The van der Waals surface area contributed by atoms with Gasteiger partial charge in [0.2, 0.25) is 5.78 Å². The number of carbonyl (C=O) groups is 2. The van der Waals surface area contributed by atoms with E-state index in [1.54, 1.807) is 41.8 Å². The number of carbonyl (C=O) groups excluding carboxylic acids is 1. The fraction of sp³-hybridized carbons (Fsp3) is 0.263. The number of hydrogen-bond acceptors (Lipinski definition) is 3. The second kappa shape index (κ2) is 6.44. The molecule has 1 N–H and O–H groups in total. The minimum absolute atomic E-state index is 0.211. The molecule has 0 spiro atoms. The van der Waals surface area contributed by atoms with Gasteiger partial charge in [-0.1, -0.05) is 36.4 Å². The van der Waals surface area contributed by atoms with Gasteiger partial charge in [0.25, 0.3) is 0 Å². The molecule has 1 aliphatic rings. The first kappa shape index (κ1) is 17.4. The molecule has 0 aliphatic carbocycles. The first-order valence-corrected chi connectivity index (χ1v) is 9.28. The van der Waals surface area contributed by atoms with Crippen molar-refractivity contribution in [1.82, 2.24) is 4.57 Å². The molecule has 5 nitrogen and oxygen atoms in total. The third-order valence-electron chi connectivity index (χ3n) is 4.70. The zero-order chi connectivity index (χ0) is 18.2. The molecule has 1 aromatic heterocycles. The van der Waals surface area contributed by atoms with Crippen molar-refractivity contribution in [2.24, 2.45) is 0 Å². The Bertz CT molecular complexity index is 884. The standard InChI is InChI=1S/C19H19NO4S/c1-3-11-25(24)14-12-15-19(2,18(22)23)9-10-20(15)16(14)17(21)13-7-5-4-6-8-13/h3-8,12H,1,9-11H2,2H3,(H,22,23). The van der Waals surface area contributed by atoms with Gasteiger partial charge in [-0.3, -0.25) is 13.8 Å². The zero-order valence-electron chi connectivity index (χ0n) is 13.9. The van der Waals surface area contributed by atoms with Crippen LogP contribution in [0.1, 0.15) is 35.1 Å². The topological polar surface area (TPSA) is 76.4 Å². The van der Waals surface area contributed by atoms with Crippen molar-refractivity contribution in [3.8, 4) is 0 Å². The van der Waals surface area contributed by atoms with Crippen molar-refractivity contribution in [2.45, 2.75) is 30.2 Å². The van der Waals surface area contributed by atoms with E-state index in [4.69, 9.17) is 0 Å². The summed E-state index contributed by atoms with van der Waals surface area (Å²) in [6.45, 7) is 5.66. The minimum Gasteiger partial charge on any atom is -0.481 e. The van der Waals surface area contributed by atoms with Gasteiger partial charge in [-0.25, -0.2) is 0 Å². The molecule has 25 heavy (non-hydrogen) atoms. The van der Waals surface area contributed by atoms with E-state index in [0.717, 1.165) is 0 Å². The fourth-order valence-corrected chi connectivity index (χ4v) is 4.28. The molecule has 0 radical (unpaired) electrons. The molecule has 0 saturated heterocycles. The maximum atomic E-state index is 13.0. The van der Waals surface area contributed by atoms with Gasteiger partial charge in [-0.05, 0) is 19.4 Å². The monoisotopic (exact) mass is 357 g/mol. The number of nitrogens with zero attached hydrogens (tertiary/aromatic N) is 1. The highest BCUT2D eigenvalue weighted by Gasteiger charge is 2.45. The first-order valence-electron chi connectivity index (χ1n) is 7.96. The summed E-state index contributed by atoms with van der Waals surface area (Å²) in [5, 5.41) is 9.63. The molecule has 1 aromatic carbocycles. The highest BCUT2D eigenvalue weighted by atomic mass is 32.2. The van der Waals surface area contributed by atoms with Crippen molar-refractivity contribution in [3.63, 3.8) is 0 Å². The van der Waals surface area contributed by atoms with Crippen molar-refractivity contribution in [2.75, 3.05) is 5.75 Å². The summed E-state index contributed by atoms with van der Waals surface area (Å²) in [4.78, 5) is 25.2. The summed E-state index contributed by atoms with van der Waals surface area (Å²) < 4.78 is 14.3. The number of hydrogen-bond donors (Lipinski definition) is 1. The van der Waals surface area contributed by atoms with E-state index < -0.39 is 22.2 Å². The smallest absolute Gasteiger partial charge is 0.315 e. The Labute approximate surface area is 148 Å². The van der Waals surface area contributed by atoms with Gasteiger partial charge in [-0.15, -0.1) is 6.58 Å². The number of fused-ring (bicyclic) bond motifs is 1. The van der Waals surface area contributed by atoms with Gasteiger partial charge in [0.15, 0.2) is 0 Å². The van der Waals surface area contributed by atoms with Gasteiger partial charge in [0.05, 0.1) is 15.7 Å². The number of carboxylic acid groups (broad SMARTS) is 1. The van der Waals surface area contributed by atoms with Crippen LogP contribution in [0, 0.1) is 0 Å². The van der Waals surface area contributed by atoms with E-state index in [1.165, 1.54) is 6.08 Å². The quantitative estimate of drug-likeness (QED) is 0.637. The maximum absolute atomic E-state index is 13.0. The van der Waals surface area contributed by atoms with Crippen LogP contribution < -0.4 is 0 Å². The van der Waals surface area contributed by atoms with E-state index in [0.29, 0.717) is 34.8 Å². The van der Waals surface area contributed by atoms with Crippen LogP contribution in [0.15, 0.2) is 53.9 Å². The second-order valence-corrected chi connectivity index (χ2v) is 7.74. The summed E-state index contributed by atoms with van der Waals surface area (Å²) in [6, 6.07) is 10.4. The normalized spacial score (nSPS) is 20.0. The Morgan fingerprint density at radius 2 is 2.04 bits per heavy atom. The molecule has 0 bridgehead atoms. The minimum atomic E-state index is -1.45. The molecule has 0 amide bonds. The predicted octanol–water partition coefficient (Wildman–Crippen LogP) is 2.76. The van der Waals surface area contributed by atoms with Crippen LogP contribution in [0.2, 0.25) is 0 Å². The van der Waals surface area contributed by atoms with Crippen LogP contribution in [-0.4, -0.2) is 31.4 Å². The molecule has 6 heteroatoms. The summed E-state index contributed by atoms with van der Waals surface area (Å²) >= 11 is 0. The Kier molecular flexibility index (Phi) is 4.47. The molecule has 2 aromatic rings. The van der Waals surface area contributed by atoms with E-state index in [-0.39, 0.29) is 11.5 Å². The highest BCUT2D eigenvalue weighted by Crippen LogP contribution is 2.39. The second-order valence-electron chi connectivity index (χ2n) is 6.28. The predicted molar refractivity (Wildman–Crippen MR) is 95.4 cm³/mol. The molecule has 0 saturated carbocycles. The molecule has 130 valence electrons. The molecular formula is C19H19NO4S. The Morgan fingerprint density at radius 1 is 1.36 bits per heavy atom. The summed E-state index contributed by atoms with van der Waals surface area (Å²) in [5.41, 5.74) is 0.268. The number of carboxylic acids is 1. The van der Waals surface area contributed by atoms with E-state index in [2.05, 4.69) is 6.58 Å². The Hall–Kier alpha value is -2.47. The first-order chi connectivity index (χ1) is 11.9. The molecule has 2 heterocycles. The lowest BCUT2D eigenvalue weighted by atomic mass is 9.86. The van der Waals surface area contributed by atoms with Crippen LogP contribution >= 0.6 is 0 Å². The number of ketones is 1. The lowest BCUT2D eigenvalue weighted by Crippen LogP contribution is -2.29. The lowest BCUT2D eigenvalue weighted by molar-refractivity contribution is -0.143. The molecule has 3 rings (SSSR count). The van der Waals surface area contributed by atoms with E-state index >= 15 is 0 Å². The average molecular weight is 357 g/mol. The van der Waals surface area contributed by atoms with Gasteiger partial charge in [0.1, 0.15) is 11.1 Å². The molecule has 2 atom stereocenters. The van der Waals surface area contributed by atoms with Crippen LogP contribution in [-0.2, 0) is 27.6 Å². The molecule has 2 unspecified atom stereocenters. The number of benzene rings is 1. The van der Waals surface area contributed by atoms with E-state index in [1.807, 2.05) is 6.07 Å². The Balaban J connectivity index is 2.20. The van der Waals surface area contributed by atoms with Crippen molar-refractivity contribution in [3.05, 3.63) is 66.0 Å². The number of rotatable bonds is 6. The number of aliphatic carboxylic acids is 1. The number of aromatic nitrogens is 1. The summed E-state index contributed by atoms with van der Waals surface area (Å²) in [6.07, 6.45) is 1.94.